The van der Waals surface area contributed by atoms with E-state index in [1.165, 1.54) is 12.8 Å². The second kappa shape index (κ2) is 7.27. The molecule has 2 heterocycles. The Morgan fingerprint density at radius 3 is 3.10 bits per heavy atom. The average Bonchev–Trinajstić information content (AvgIpc) is 2.47. The SMILES string of the molecule is CCCCNC(=O)c1cncc(N2CCCC(C)C2)c1. The normalized spacial score (nSPS) is 18.9. The first-order valence-electron chi connectivity index (χ1n) is 7.69. The summed E-state index contributed by atoms with van der Waals surface area (Å²) in [4.78, 5) is 18.6. The molecule has 0 aromatic carbocycles. The van der Waals surface area contributed by atoms with Gasteiger partial charge in [0.15, 0.2) is 0 Å². The summed E-state index contributed by atoms with van der Waals surface area (Å²) in [6.45, 7) is 7.25. The largest absolute Gasteiger partial charge is 0.370 e. The highest BCUT2D eigenvalue weighted by Crippen LogP contribution is 2.22. The molecule has 0 radical (unpaired) electrons. The molecule has 0 spiro atoms. The molecule has 20 heavy (non-hydrogen) atoms. The van der Waals surface area contributed by atoms with E-state index >= 15 is 0 Å². The van der Waals surface area contributed by atoms with Gasteiger partial charge in [-0.1, -0.05) is 20.3 Å². The lowest BCUT2D eigenvalue weighted by atomic mass is 10.00. The maximum absolute atomic E-state index is 12.0. The summed E-state index contributed by atoms with van der Waals surface area (Å²) in [5.41, 5.74) is 1.73. The van der Waals surface area contributed by atoms with Crippen molar-refractivity contribution in [3.05, 3.63) is 24.0 Å². The summed E-state index contributed by atoms with van der Waals surface area (Å²) in [6, 6.07) is 1.96. The van der Waals surface area contributed by atoms with Gasteiger partial charge in [-0.2, -0.15) is 0 Å². The predicted molar refractivity (Wildman–Crippen MR) is 82.1 cm³/mol. The van der Waals surface area contributed by atoms with Gasteiger partial charge < -0.3 is 10.2 Å². The van der Waals surface area contributed by atoms with Crippen molar-refractivity contribution in [2.24, 2.45) is 5.92 Å². The lowest BCUT2D eigenvalue weighted by molar-refractivity contribution is 0.0953. The zero-order valence-electron chi connectivity index (χ0n) is 12.6. The van der Waals surface area contributed by atoms with Crippen LogP contribution in [0, 0.1) is 5.92 Å². The van der Waals surface area contributed by atoms with Crippen LogP contribution < -0.4 is 10.2 Å². The van der Waals surface area contributed by atoms with Crippen molar-refractivity contribution in [2.45, 2.75) is 39.5 Å². The fraction of sp³-hybridized carbons (Fsp3) is 0.625. The molecular weight excluding hydrogens is 250 g/mol. The molecule has 110 valence electrons. The molecule has 0 aliphatic carbocycles. The van der Waals surface area contributed by atoms with E-state index in [0.717, 1.165) is 38.2 Å². The Labute approximate surface area is 121 Å². The van der Waals surface area contributed by atoms with Crippen molar-refractivity contribution in [3.8, 4) is 0 Å². The zero-order chi connectivity index (χ0) is 14.4. The summed E-state index contributed by atoms with van der Waals surface area (Å²) in [7, 11) is 0. The van der Waals surface area contributed by atoms with E-state index < -0.39 is 0 Å². The third-order valence-corrected chi connectivity index (χ3v) is 3.82. The van der Waals surface area contributed by atoms with Gasteiger partial charge in [0.05, 0.1) is 17.4 Å². The number of anilines is 1. The molecule has 1 unspecified atom stereocenters. The van der Waals surface area contributed by atoms with Crippen molar-refractivity contribution in [1.29, 1.82) is 0 Å². The molecule has 1 atom stereocenters. The van der Waals surface area contributed by atoms with E-state index in [4.69, 9.17) is 0 Å². The smallest absolute Gasteiger partial charge is 0.252 e. The first kappa shape index (κ1) is 14.8. The van der Waals surface area contributed by atoms with Crippen molar-refractivity contribution >= 4 is 11.6 Å². The van der Waals surface area contributed by atoms with Crippen LogP contribution in [0.4, 0.5) is 5.69 Å². The molecule has 0 bridgehead atoms. The summed E-state index contributed by atoms with van der Waals surface area (Å²) >= 11 is 0. The topological polar surface area (TPSA) is 45.2 Å². The summed E-state index contributed by atoms with van der Waals surface area (Å²) in [5.74, 6) is 0.698. The van der Waals surface area contributed by atoms with Crippen LogP contribution in [0.25, 0.3) is 0 Å². The monoisotopic (exact) mass is 275 g/mol. The minimum absolute atomic E-state index is 0.0159. The lowest BCUT2D eigenvalue weighted by Gasteiger charge is -2.32. The third kappa shape index (κ3) is 3.95. The van der Waals surface area contributed by atoms with E-state index in [0.29, 0.717) is 11.5 Å². The molecule has 4 heteroatoms. The number of rotatable bonds is 5. The van der Waals surface area contributed by atoms with E-state index in [2.05, 4.69) is 29.0 Å². The molecule has 1 N–H and O–H groups in total. The average molecular weight is 275 g/mol. The first-order valence-corrected chi connectivity index (χ1v) is 7.69. The van der Waals surface area contributed by atoms with Crippen LogP contribution in [0.3, 0.4) is 0 Å². The van der Waals surface area contributed by atoms with Crippen molar-refractivity contribution in [2.75, 3.05) is 24.5 Å². The van der Waals surface area contributed by atoms with Gasteiger partial charge in [-0.05, 0) is 31.2 Å². The molecule has 1 saturated heterocycles. The van der Waals surface area contributed by atoms with Crippen molar-refractivity contribution in [1.82, 2.24) is 10.3 Å². The molecular formula is C16H25N3O. The number of carbonyl (C=O) groups is 1. The van der Waals surface area contributed by atoms with Crippen LogP contribution in [0.5, 0.6) is 0 Å². The number of carbonyl (C=O) groups excluding carboxylic acids is 1. The highest BCUT2D eigenvalue weighted by atomic mass is 16.1. The summed E-state index contributed by atoms with van der Waals surface area (Å²) in [6.07, 6.45) is 8.13. The Morgan fingerprint density at radius 1 is 1.50 bits per heavy atom. The fourth-order valence-electron chi connectivity index (χ4n) is 2.63. The molecule has 4 nitrogen and oxygen atoms in total. The first-order chi connectivity index (χ1) is 9.70. The number of amides is 1. The van der Waals surface area contributed by atoms with E-state index in [1.54, 1.807) is 6.20 Å². The van der Waals surface area contributed by atoms with Crippen LogP contribution in [-0.4, -0.2) is 30.5 Å². The standard InChI is InChI=1S/C16H25N3O/c1-3-4-7-18-16(20)14-9-15(11-17-10-14)19-8-5-6-13(2)12-19/h9-11,13H,3-8,12H2,1-2H3,(H,18,20). The van der Waals surface area contributed by atoms with Gasteiger partial charge in [0.25, 0.3) is 5.91 Å². The second-order valence-corrected chi connectivity index (χ2v) is 5.73. The van der Waals surface area contributed by atoms with Gasteiger partial charge in [-0.3, -0.25) is 9.78 Å². The Bertz CT molecular complexity index is 447. The van der Waals surface area contributed by atoms with E-state index in [1.807, 2.05) is 12.3 Å². The van der Waals surface area contributed by atoms with Gasteiger partial charge in [-0.25, -0.2) is 0 Å². The zero-order valence-corrected chi connectivity index (χ0v) is 12.6. The predicted octanol–water partition coefficient (Wildman–Crippen LogP) is 2.85. The molecule has 1 aromatic heterocycles. The van der Waals surface area contributed by atoms with Crippen LogP contribution in [0.1, 0.15) is 49.9 Å². The highest BCUT2D eigenvalue weighted by Gasteiger charge is 2.17. The van der Waals surface area contributed by atoms with Crippen molar-refractivity contribution < 1.29 is 4.79 Å². The minimum atomic E-state index is -0.0159. The van der Waals surface area contributed by atoms with E-state index in [9.17, 15) is 4.79 Å². The number of hydrogen-bond donors (Lipinski definition) is 1. The lowest BCUT2D eigenvalue weighted by Crippen LogP contribution is -2.34. The van der Waals surface area contributed by atoms with Gasteiger partial charge >= 0.3 is 0 Å². The number of hydrogen-bond acceptors (Lipinski definition) is 3. The number of aromatic nitrogens is 1. The Balaban J connectivity index is 2.01. The number of unbranched alkanes of at least 4 members (excludes halogenated alkanes) is 1. The molecule has 1 aliphatic heterocycles. The van der Waals surface area contributed by atoms with Gasteiger partial charge in [0, 0.05) is 25.8 Å². The Hall–Kier alpha value is -1.58. The quantitative estimate of drug-likeness (QED) is 0.840. The Morgan fingerprint density at radius 2 is 2.35 bits per heavy atom. The van der Waals surface area contributed by atoms with Gasteiger partial charge in [0.1, 0.15) is 0 Å². The van der Waals surface area contributed by atoms with E-state index in [-0.39, 0.29) is 5.91 Å². The molecule has 1 fully saturated rings. The molecule has 0 saturated carbocycles. The van der Waals surface area contributed by atoms with Crippen LogP contribution in [-0.2, 0) is 0 Å². The second-order valence-electron chi connectivity index (χ2n) is 5.73. The van der Waals surface area contributed by atoms with Crippen LogP contribution in [0.2, 0.25) is 0 Å². The van der Waals surface area contributed by atoms with Crippen LogP contribution in [0.15, 0.2) is 18.5 Å². The third-order valence-electron chi connectivity index (χ3n) is 3.82. The van der Waals surface area contributed by atoms with Crippen LogP contribution >= 0.6 is 0 Å². The number of pyridine rings is 1. The fourth-order valence-corrected chi connectivity index (χ4v) is 2.63. The summed E-state index contributed by atoms with van der Waals surface area (Å²) < 4.78 is 0. The minimum Gasteiger partial charge on any atom is -0.370 e. The number of nitrogens with zero attached hydrogens (tertiary/aromatic N) is 2. The number of piperidine rings is 1. The maximum atomic E-state index is 12.0. The summed E-state index contributed by atoms with van der Waals surface area (Å²) in [5, 5.41) is 2.94. The molecule has 1 aromatic rings. The van der Waals surface area contributed by atoms with Gasteiger partial charge in [-0.15, -0.1) is 0 Å². The Kier molecular flexibility index (Phi) is 5.39. The molecule has 2 rings (SSSR count). The van der Waals surface area contributed by atoms with Crippen molar-refractivity contribution in [3.63, 3.8) is 0 Å². The maximum Gasteiger partial charge on any atom is 0.252 e. The highest BCUT2D eigenvalue weighted by molar-refractivity contribution is 5.94. The molecule has 1 aliphatic rings. The molecule has 1 amide bonds. The number of nitrogens with one attached hydrogen (secondary N) is 1. The van der Waals surface area contributed by atoms with Gasteiger partial charge in [0.2, 0.25) is 0 Å².